The van der Waals surface area contributed by atoms with Gasteiger partial charge in [0.2, 0.25) is 5.91 Å². The zero-order valence-corrected chi connectivity index (χ0v) is 11.1. The van der Waals surface area contributed by atoms with E-state index in [2.05, 4.69) is 5.32 Å². The van der Waals surface area contributed by atoms with Crippen molar-refractivity contribution >= 4 is 23.6 Å². The highest BCUT2D eigenvalue weighted by molar-refractivity contribution is 6.32. The van der Waals surface area contributed by atoms with Gasteiger partial charge in [0.25, 0.3) is 0 Å². The maximum atomic E-state index is 12.5. The van der Waals surface area contributed by atoms with Crippen LogP contribution >= 0.6 is 11.6 Å². The molecule has 0 bridgehead atoms. The average molecular weight is 292 g/mol. The molecule has 1 aromatic rings. The normalized spacial score (nSPS) is 12.2. The Kier molecular flexibility index (Phi) is 5.00. The molecule has 0 spiro atoms. The number of alkyl halides is 3. The number of carbonyl (C=O) groups is 1. The second-order valence-electron chi connectivity index (χ2n) is 4.23. The van der Waals surface area contributed by atoms with Crippen molar-refractivity contribution in [3.63, 3.8) is 0 Å². The molecule has 19 heavy (non-hydrogen) atoms. The standard InChI is InChI=1S/C13H13ClF3NO/c1-8(2)18-12(19)6-3-9-7-10(13(15,16)17)4-5-11(9)14/h3-8H,1-2H3,(H,18,19)/b6-3+. The average Bonchev–Trinajstić information content (AvgIpc) is 2.25. The first-order valence-electron chi connectivity index (χ1n) is 5.55. The number of benzene rings is 1. The van der Waals surface area contributed by atoms with Gasteiger partial charge in [0.15, 0.2) is 0 Å². The fourth-order valence-corrected chi connectivity index (χ4v) is 1.53. The van der Waals surface area contributed by atoms with E-state index in [-0.39, 0.29) is 22.5 Å². The second-order valence-corrected chi connectivity index (χ2v) is 4.64. The highest BCUT2D eigenvalue weighted by Gasteiger charge is 2.30. The first-order chi connectivity index (χ1) is 8.70. The zero-order chi connectivity index (χ0) is 14.6. The van der Waals surface area contributed by atoms with E-state index in [1.807, 2.05) is 0 Å². The van der Waals surface area contributed by atoms with Gasteiger partial charge in [0.1, 0.15) is 0 Å². The molecular weight excluding hydrogens is 279 g/mol. The summed E-state index contributed by atoms with van der Waals surface area (Å²) in [5.74, 6) is -0.386. The van der Waals surface area contributed by atoms with E-state index in [1.54, 1.807) is 13.8 Å². The molecule has 0 saturated heterocycles. The third-order valence-electron chi connectivity index (χ3n) is 2.17. The summed E-state index contributed by atoms with van der Waals surface area (Å²) < 4.78 is 37.6. The van der Waals surface area contributed by atoms with Crippen LogP contribution in [-0.2, 0) is 11.0 Å². The summed E-state index contributed by atoms with van der Waals surface area (Å²) in [7, 11) is 0. The molecule has 2 nitrogen and oxygen atoms in total. The first kappa shape index (κ1) is 15.6. The number of nitrogens with one attached hydrogen (secondary N) is 1. The Hall–Kier alpha value is -1.49. The molecule has 0 radical (unpaired) electrons. The summed E-state index contributed by atoms with van der Waals surface area (Å²) in [5, 5.41) is 2.74. The van der Waals surface area contributed by atoms with Crippen LogP contribution in [0.3, 0.4) is 0 Å². The molecule has 0 saturated carbocycles. The van der Waals surface area contributed by atoms with Gasteiger partial charge in [0, 0.05) is 17.1 Å². The molecule has 0 heterocycles. The molecule has 104 valence electrons. The lowest BCUT2D eigenvalue weighted by atomic mass is 10.1. The van der Waals surface area contributed by atoms with Crippen LogP contribution in [0.4, 0.5) is 13.2 Å². The summed E-state index contributed by atoms with van der Waals surface area (Å²) >= 11 is 5.79. The largest absolute Gasteiger partial charge is 0.416 e. The molecular formula is C13H13ClF3NO. The third kappa shape index (κ3) is 4.95. The summed E-state index contributed by atoms with van der Waals surface area (Å²) in [6, 6.07) is 2.91. The lowest BCUT2D eigenvalue weighted by molar-refractivity contribution is -0.137. The van der Waals surface area contributed by atoms with Gasteiger partial charge in [-0.2, -0.15) is 13.2 Å². The molecule has 1 aromatic carbocycles. The van der Waals surface area contributed by atoms with Gasteiger partial charge < -0.3 is 5.32 Å². The van der Waals surface area contributed by atoms with Crippen LogP contribution in [0.1, 0.15) is 25.0 Å². The number of rotatable bonds is 3. The van der Waals surface area contributed by atoms with Crippen LogP contribution in [0.2, 0.25) is 5.02 Å². The van der Waals surface area contributed by atoms with Crippen LogP contribution in [0.5, 0.6) is 0 Å². The molecule has 0 aliphatic rings. The van der Waals surface area contributed by atoms with E-state index in [0.29, 0.717) is 0 Å². The number of hydrogen-bond donors (Lipinski definition) is 1. The Morgan fingerprint density at radius 1 is 1.37 bits per heavy atom. The number of halogens is 4. The van der Waals surface area contributed by atoms with Gasteiger partial charge in [-0.25, -0.2) is 0 Å². The quantitative estimate of drug-likeness (QED) is 0.841. The van der Waals surface area contributed by atoms with E-state index in [0.717, 1.165) is 24.3 Å². The van der Waals surface area contributed by atoms with Crippen molar-refractivity contribution in [3.8, 4) is 0 Å². The van der Waals surface area contributed by atoms with Crippen molar-refractivity contribution in [2.24, 2.45) is 0 Å². The zero-order valence-electron chi connectivity index (χ0n) is 10.4. The minimum absolute atomic E-state index is 0.0471. The molecule has 1 N–H and O–H groups in total. The molecule has 0 atom stereocenters. The van der Waals surface area contributed by atoms with E-state index >= 15 is 0 Å². The Bertz CT molecular complexity index is 495. The smallest absolute Gasteiger partial charge is 0.350 e. The molecule has 0 unspecified atom stereocenters. The fourth-order valence-electron chi connectivity index (χ4n) is 1.35. The summed E-state index contributed by atoms with van der Waals surface area (Å²) in [4.78, 5) is 11.4. The predicted molar refractivity (Wildman–Crippen MR) is 68.8 cm³/mol. The SMILES string of the molecule is CC(C)NC(=O)/C=C/c1cc(C(F)(F)F)ccc1Cl. The van der Waals surface area contributed by atoms with Crippen LogP contribution in [-0.4, -0.2) is 11.9 Å². The maximum absolute atomic E-state index is 12.5. The van der Waals surface area contributed by atoms with Gasteiger partial charge in [-0.1, -0.05) is 11.6 Å². The van der Waals surface area contributed by atoms with Gasteiger partial charge in [-0.3, -0.25) is 4.79 Å². The van der Waals surface area contributed by atoms with Crippen molar-refractivity contribution in [3.05, 3.63) is 40.4 Å². The summed E-state index contributed by atoms with van der Waals surface area (Å²) in [5.41, 5.74) is -0.656. The summed E-state index contributed by atoms with van der Waals surface area (Å²) in [6.45, 7) is 3.56. The fraction of sp³-hybridized carbons (Fsp3) is 0.308. The topological polar surface area (TPSA) is 29.1 Å². The van der Waals surface area contributed by atoms with Crippen molar-refractivity contribution < 1.29 is 18.0 Å². The molecule has 0 fully saturated rings. The number of amides is 1. The highest BCUT2D eigenvalue weighted by Crippen LogP contribution is 2.32. The molecule has 1 rings (SSSR count). The molecule has 6 heteroatoms. The first-order valence-corrected chi connectivity index (χ1v) is 5.93. The van der Waals surface area contributed by atoms with E-state index in [4.69, 9.17) is 11.6 Å². The number of hydrogen-bond acceptors (Lipinski definition) is 1. The lowest BCUT2D eigenvalue weighted by Crippen LogP contribution is -2.28. The van der Waals surface area contributed by atoms with Crippen LogP contribution in [0.15, 0.2) is 24.3 Å². The van der Waals surface area contributed by atoms with Crippen molar-refractivity contribution in [1.29, 1.82) is 0 Å². The second kappa shape index (κ2) is 6.10. The van der Waals surface area contributed by atoms with Crippen LogP contribution < -0.4 is 5.32 Å². The minimum Gasteiger partial charge on any atom is -0.350 e. The Balaban J connectivity index is 2.95. The Morgan fingerprint density at radius 2 is 2.00 bits per heavy atom. The predicted octanol–water partition coefficient (Wildman–Crippen LogP) is 3.90. The Labute approximate surface area is 114 Å². The highest BCUT2D eigenvalue weighted by atomic mass is 35.5. The number of carbonyl (C=O) groups excluding carboxylic acids is 1. The third-order valence-corrected chi connectivity index (χ3v) is 2.51. The van der Waals surface area contributed by atoms with Gasteiger partial charge in [-0.05, 0) is 43.7 Å². The van der Waals surface area contributed by atoms with Crippen molar-refractivity contribution in [2.75, 3.05) is 0 Å². The molecule has 0 aliphatic carbocycles. The maximum Gasteiger partial charge on any atom is 0.416 e. The van der Waals surface area contributed by atoms with Gasteiger partial charge >= 0.3 is 6.18 Å². The minimum atomic E-state index is -4.44. The lowest BCUT2D eigenvalue weighted by Gasteiger charge is -2.08. The van der Waals surface area contributed by atoms with Gasteiger partial charge in [0.05, 0.1) is 5.56 Å². The van der Waals surface area contributed by atoms with Crippen molar-refractivity contribution in [2.45, 2.75) is 26.1 Å². The molecule has 0 aliphatic heterocycles. The Morgan fingerprint density at radius 3 is 2.53 bits per heavy atom. The van der Waals surface area contributed by atoms with E-state index < -0.39 is 11.7 Å². The van der Waals surface area contributed by atoms with E-state index in [1.165, 1.54) is 6.08 Å². The monoisotopic (exact) mass is 291 g/mol. The van der Waals surface area contributed by atoms with Crippen molar-refractivity contribution in [1.82, 2.24) is 5.32 Å². The molecule has 0 aromatic heterocycles. The van der Waals surface area contributed by atoms with E-state index in [9.17, 15) is 18.0 Å². The molecule has 1 amide bonds. The van der Waals surface area contributed by atoms with Crippen LogP contribution in [0.25, 0.3) is 6.08 Å². The summed E-state index contributed by atoms with van der Waals surface area (Å²) in [6.07, 6.45) is -2.02. The van der Waals surface area contributed by atoms with Gasteiger partial charge in [-0.15, -0.1) is 0 Å². The van der Waals surface area contributed by atoms with Crippen LogP contribution in [0, 0.1) is 0 Å².